The van der Waals surface area contributed by atoms with Gasteiger partial charge in [0.05, 0.1) is 23.3 Å². The average molecular weight is 487 g/mol. The highest BCUT2D eigenvalue weighted by Gasteiger charge is 2.26. The summed E-state index contributed by atoms with van der Waals surface area (Å²) in [4.78, 5) is 38.7. The second-order valence-corrected chi connectivity index (χ2v) is 9.46. The fourth-order valence-electron chi connectivity index (χ4n) is 4.98. The number of aryl methyl sites for hydroxylation is 2. The van der Waals surface area contributed by atoms with Crippen LogP contribution in [0.5, 0.6) is 0 Å². The third kappa shape index (κ3) is 4.05. The molecule has 0 amide bonds. The minimum absolute atomic E-state index is 0.0436. The van der Waals surface area contributed by atoms with Gasteiger partial charge in [-0.25, -0.2) is 9.78 Å². The Labute approximate surface area is 208 Å². The molecule has 1 aliphatic heterocycles. The number of aromatic nitrogens is 5. The smallest absolute Gasteiger partial charge is 0.332 e. The Balaban J connectivity index is 1.69. The molecule has 0 bridgehead atoms. The van der Waals surface area contributed by atoms with Crippen LogP contribution >= 0.6 is 0 Å². The summed E-state index contributed by atoms with van der Waals surface area (Å²) in [5.41, 5.74) is 7.49. The Morgan fingerprint density at radius 1 is 1.19 bits per heavy atom. The third-order valence-corrected chi connectivity index (χ3v) is 6.92. The van der Waals surface area contributed by atoms with Gasteiger partial charge in [0.2, 0.25) is 5.95 Å². The van der Waals surface area contributed by atoms with Crippen molar-refractivity contribution in [1.82, 2.24) is 23.7 Å². The molecule has 0 spiro atoms. The van der Waals surface area contributed by atoms with Crippen LogP contribution in [0.4, 0.5) is 5.95 Å². The van der Waals surface area contributed by atoms with E-state index in [1.807, 2.05) is 28.8 Å². The number of nitrogens with zero attached hydrogens (tertiary/aromatic N) is 7. The first-order valence-corrected chi connectivity index (χ1v) is 12.4. The molecule has 0 saturated carbocycles. The predicted molar refractivity (Wildman–Crippen MR) is 139 cm³/mol. The standard InChI is InChI=1S/C26H30N8O2/c1-3-4-12-33-22-23(30-25(33)32-11-7-9-19(28)15-32)31(2)26(36)34(24(22)35)16-21-18(14-27)13-17-8-5-6-10-20(17)29-21/h5-6,8,10,13,19H,3-4,7,9,11-12,15-16,28H2,1-2H3/t19-/m1/s1. The number of unbranched alkanes of at least 4 members (excludes halogenated alkanes) is 1. The van der Waals surface area contributed by atoms with E-state index >= 15 is 0 Å². The number of para-hydroxylation sites is 1. The zero-order chi connectivity index (χ0) is 25.4. The van der Waals surface area contributed by atoms with Crippen molar-refractivity contribution in [3.8, 4) is 6.07 Å². The third-order valence-electron chi connectivity index (χ3n) is 6.92. The molecule has 5 rings (SSSR count). The van der Waals surface area contributed by atoms with Crippen molar-refractivity contribution in [3.63, 3.8) is 0 Å². The molecule has 1 aliphatic rings. The number of benzene rings is 1. The van der Waals surface area contributed by atoms with E-state index in [1.54, 1.807) is 13.1 Å². The van der Waals surface area contributed by atoms with E-state index in [1.165, 1.54) is 4.57 Å². The molecule has 36 heavy (non-hydrogen) atoms. The second-order valence-electron chi connectivity index (χ2n) is 9.46. The normalized spacial score (nSPS) is 16.1. The molecular formula is C26H30N8O2. The fraction of sp³-hybridized carbons (Fsp3) is 0.423. The molecule has 10 nitrogen and oxygen atoms in total. The van der Waals surface area contributed by atoms with Gasteiger partial charge >= 0.3 is 5.69 Å². The van der Waals surface area contributed by atoms with Crippen molar-refractivity contribution in [2.45, 2.75) is 51.7 Å². The molecule has 1 aromatic carbocycles. The van der Waals surface area contributed by atoms with Crippen LogP contribution in [-0.4, -0.2) is 42.8 Å². The molecule has 1 fully saturated rings. The highest BCUT2D eigenvalue weighted by Crippen LogP contribution is 2.24. The topological polar surface area (TPSA) is 128 Å². The van der Waals surface area contributed by atoms with Crippen LogP contribution in [0.3, 0.4) is 0 Å². The summed E-state index contributed by atoms with van der Waals surface area (Å²) in [5, 5.41) is 10.6. The van der Waals surface area contributed by atoms with E-state index in [0.29, 0.717) is 47.0 Å². The summed E-state index contributed by atoms with van der Waals surface area (Å²) in [6, 6.07) is 11.4. The van der Waals surface area contributed by atoms with Crippen LogP contribution in [0.15, 0.2) is 39.9 Å². The summed E-state index contributed by atoms with van der Waals surface area (Å²) >= 11 is 0. The summed E-state index contributed by atoms with van der Waals surface area (Å²) < 4.78 is 4.52. The summed E-state index contributed by atoms with van der Waals surface area (Å²) in [7, 11) is 1.63. The molecule has 1 saturated heterocycles. The van der Waals surface area contributed by atoms with Crippen molar-refractivity contribution in [1.29, 1.82) is 5.26 Å². The maximum Gasteiger partial charge on any atom is 0.332 e. The van der Waals surface area contributed by atoms with E-state index in [2.05, 4.69) is 22.9 Å². The molecule has 0 aliphatic carbocycles. The Morgan fingerprint density at radius 3 is 2.75 bits per heavy atom. The Hall–Kier alpha value is -3.97. The summed E-state index contributed by atoms with van der Waals surface area (Å²) in [6.45, 7) is 4.07. The molecule has 10 heteroatoms. The van der Waals surface area contributed by atoms with Crippen molar-refractivity contribution in [2.75, 3.05) is 18.0 Å². The molecule has 1 atom stereocenters. The van der Waals surface area contributed by atoms with Gasteiger partial charge in [0.25, 0.3) is 5.56 Å². The Kier molecular flexibility index (Phi) is 6.33. The first-order chi connectivity index (χ1) is 17.4. The molecule has 2 N–H and O–H groups in total. The molecule has 186 valence electrons. The quantitative estimate of drug-likeness (QED) is 0.442. The number of nitriles is 1. The van der Waals surface area contributed by atoms with Crippen LogP contribution in [-0.2, 0) is 20.1 Å². The SMILES string of the molecule is CCCCn1c(N2CCC[C@@H](N)C2)nc2c1c(=O)n(Cc1nc3ccccc3cc1C#N)c(=O)n2C. The number of pyridine rings is 1. The summed E-state index contributed by atoms with van der Waals surface area (Å²) in [6.07, 6.45) is 3.72. The zero-order valence-corrected chi connectivity index (χ0v) is 20.6. The first-order valence-electron chi connectivity index (χ1n) is 12.4. The number of hydrogen-bond donors (Lipinski definition) is 1. The number of piperidine rings is 1. The number of hydrogen-bond acceptors (Lipinski definition) is 7. The van der Waals surface area contributed by atoms with E-state index in [9.17, 15) is 14.9 Å². The predicted octanol–water partition coefficient (Wildman–Crippen LogP) is 2.09. The number of nitrogens with two attached hydrogens (primary N) is 1. The minimum Gasteiger partial charge on any atom is -0.341 e. The van der Waals surface area contributed by atoms with Crippen LogP contribution < -0.4 is 21.9 Å². The van der Waals surface area contributed by atoms with E-state index in [0.717, 1.165) is 42.2 Å². The highest BCUT2D eigenvalue weighted by molar-refractivity contribution is 5.80. The molecule has 0 radical (unpaired) electrons. The number of imidazole rings is 1. The van der Waals surface area contributed by atoms with Crippen molar-refractivity contribution >= 4 is 28.0 Å². The van der Waals surface area contributed by atoms with Crippen LogP contribution in [0.25, 0.3) is 22.1 Å². The lowest BCUT2D eigenvalue weighted by atomic mass is 10.1. The monoisotopic (exact) mass is 486 g/mol. The second kappa shape index (κ2) is 9.59. The van der Waals surface area contributed by atoms with Crippen LogP contribution in [0.1, 0.15) is 43.9 Å². The zero-order valence-electron chi connectivity index (χ0n) is 20.6. The van der Waals surface area contributed by atoms with Gasteiger partial charge in [0.1, 0.15) is 6.07 Å². The summed E-state index contributed by atoms with van der Waals surface area (Å²) in [5.74, 6) is 0.681. The van der Waals surface area contributed by atoms with Crippen molar-refractivity contribution in [2.24, 2.45) is 12.8 Å². The lowest BCUT2D eigenvalue weighted by Gasteiger charge is -2.31. The number of fused-ring (bicyclic) bond motifs is 2. The molecule has 0 unspecified atom stereocenters. The lowest BCUT2D eigenvalue weighted by Crippen LogP contribution is -2.44. The first kappa shape index (κ1) is 23.8. The maximum absolute atomic E-state index is 13.8. The van der Waals surface area contributed by atoms with Gasteiger partial charge in [0, 0.05) is 38.1 Å². The van der Waals surface area contributed by atoms with Gasteiger partial charge in [0.15, 0.2) is 11.2 Å². The fourth-order valence-corrected chi connectivity index (χ4v) is 4.98. The maximum atomic E-state index is 13.8. The van der Waals surface area contributed by atoms with Crippen molar-refractivity contribution in [3.05, 3.63) is 62.4 Å². The van der Waals surface area contributed by atoms with Gasteiger partial charge < -0.3 is 15.2 Å². The van der Waals surface area contributed by atoms with Gasteiger partial charge in [-0.05, 0) is 31.4 Å². The minimum atomic E-state index is -0.492. The van der Waals surface area contributed by atoms with Gasteiger partial charge in [-0.15, -0.1) is 0 Å². The molecular weight excluding hydrogens is 456 g/mol. The van der Waals surface area contributed by atoms with Crippen molar-refractivity contribution < 1.29 is 0 Å². The van der Waals surface area contributed by atoms with Gasteiger partial charge in [-0.1, -0.05) is 31.5 Å². The van der Waals surface area contributed by atoms with Gasteiger partial charge in [-0.3, -0.25) is 13.9 Å². The number of anilines is 1. The Bertz CT molecular complexity index is 1610. The highest BCUT2D eigenvalue weighted by atomic mass is 16.2. The number of rotatable bonds is 6. The molecule has 4 aromatic rings. The largest absolute Gasteiger partial charge is 0.341 e. The molecule has 3 aromatic heterocycles. The van der Waals surface area contributed by atoms with E-state index in [4.69, 9.17) is 10.7 Å². The average Bonchev–Trinajstić information content (AvgIpc) is 3.28. The Morgan fingerprint density at radius 2 is 2.00 bits per heavy atom. The van der Waals surface area contributed by atoms with E-state index in [-0.39, 0.29) is 12.6 Å². The van der Waals surface area contributed by atoms with Gasteiger partial charge in [-0.2, -0.15) is 10.2 Å². The van der Waals surface area contributed by atoms with E-state index < -0.39 is 11.2 Å². The lowest BCUT2D eigenvalue weighted by molar-refractivity contribution is 0.491. The van der Waals surface area contributed by atoms with Crippen LogP contribution in [0, 0.1) is 11.3 Å². The molecule has 4 heterocycles. The van der Waals surface area contributed by atoms with Crippen LogP contribution in [0.2, 0.25) is 0 Å².